The molecular weight excluding hydrogens is 372 g/mol. The Morgan fingerprint density at radius 1 is 1.07 bits per heavy atom. The van der Waals surface area contributed by atoms with Gasteiger partial charge in [-0.3, -0.25) is 4.79 Å². The summed E-state index contributed by atoms with van der Waals surface area (Å²) in [5.41, 5.74) is 3.00. The highest BCUT2D eigenvalue weighted by atomic mass is 32.1. The molecule has 0 amide bonds. The lowest BCUT2D eigenvalue weighted by Crippen LogP contribution is -2.33. The molecule has 3 heterocycles. The van der Waals surface area contributed by atoms with Crippen LogP contribution in [0.4, 0.5) is 5.13 Å². The Bertz CT molecular complexity index is 1020. The molecule has 0 saturated heterocycles. The quantitative estimate of drug-likeness (QED) is 0.725. The number of aryl methyl sites for hydroxylation is 4. The van der Waals surface area contributed by atoms with Crippen molar-refractivity contribution >= 4 is 16.5 Å². The van der Waals surface area contributed by atoms with Crippen LogP contribution in [-0.2, 0) is 0 Å². The van der Waals surface area contributed by atoms with E-state index >= 15 is 0 Å². The van der Waals surface area contributed by atoms with Gasteiger partial charge in [-0.2, -0.15) is 5.10 Å². The molecule has 0 aliphatic heterocycles. The van der Waals surface area contributed by atoms with Gasteiger partial charge in [-0.15, -0.1) is 16.4 Å². The minimum atomic E-state index is -0.0483. The zero-order valence-corrected chi connectivity index (χ0v) is 17.6. The molecule has 0 spiro atoms. The van der Waals surface area contributed by atoms with E-state index in [0.717, 1.165) is 47.9 Å². The average molecular weight is 399 g/mol. The first kappa shape index (κ1) is 18.9. The lowest BCUT2D eigenvalue weighted by Gasteiger charge is -2.29. The fourth-order valence-corrected chi connectivity index (χ4v) is 4.72. The molecule has 0 aromatic carbocycles. The molecule has 1 N–H and O–H groups in total. The van der Waals surface area contributed by atoms with E-state index in [1.807, 2.05) is 26.8 Å². The van der Waals surface area contributed by atoms with Crippen molar-refractivity contribution in [3.05, 3.63) is 50.5 Å². The molecule has 0 atom stereocenters. The van der Waals surface area contributed by atoms with E-state index in [1.165, 1.54) is 4.88 Å². The molecule has 3 aromatic heterocycles. The van der Waals surface area contributed by atoms with Crippen LogP contribution in [-0.4, -0.2) is 30.6 Å². The predicted molar refractivity (Wildman–Crippen MR) is 112 cm³/mol. The maximum absolute atomic E-state index is 12.5. The van der Waals surface area contributed by atoms with Gasteiger partial charge in [-0.25, -0.2) is 14.3 Å². The number of nitrogens with one attached hydrogen (secondary N) is 1. The number of anilines is 1. The van der Waals surface area contributed by atoms with Crippen LogP contribution < -0.4 is 10.9 Å². The van der Waals surface area contributed by atoms with Gasteiger partial charge in [0.1, 0.15) is 0 Å². The highest BCUT2D eigenvalue weighted by Crippen LogP contribution is 2.30. The zero-order valence-electron chi connectivity index (χ0n) is 16.8. The number of aromatic nitrogens is 5. The third-order valence-electron chi connectivity index (χ3n) is 5.44. The van der Waals surface area contributed by atoms with Gasteiger partial charge in [-0.1, -0.05) is 0 Å². The fraction of sp³-hybridized carbons (Fsp3) is 0.500. The van der Waals surface area contributed by atoms with Crippen LogP contribution in [0, 0.1) is 27.7 Å². The molecule has 28 heavy (non-hydrogen) atoms. The first-order valence-corrected chi connectivity index (χ1v) is 10.6. The lowest BCUT2D eigenvalue weighted by atomic mass is 9.91. The Morgan fingerprint density at radius 3 is 2.43 bits per heavy atom. The van der Waals surface area contributed by atoms with Gasteiger partial charge < -0.3 is 5.32 Å². The number of rotatable bonds is 4. The molecule has 0 bridgehead atoms. The normalized spacial score (nSPS) is 19.7. The Labute approximate surface area is 168 Å². The number of nitrogens with zero attached hydrogens (tertiary/aromatic N) is 5. The predicted octanol–water partition coefficient (Wildman–Crippen LogP) is 3.71. The Hall–Kier alpha value is -2.48. The molecule has 1 aliphatic carbocycles. The lowest BCUT2D eigenvalue weighted by molar-refractivity contribution is 0.302. The Kier molecular flexibility index (Phi) is 5.05. The van der Waals surface area contributed by atoms with Crippen molar-refractivity contribution in [2.45, 2.75) is 65.5 Å². The van der Waals surface area contributed by atoms with Crippen LogP contribution >= 0.6 is 11.3 Å². The third-order valence-corrected chi connectivity index (χ3v) is 6.44. The third kappa shape index (κ3) is 3.73. The molecular formula is C20H26N6OS. The number of hydrogen-bond donors (Lipinski definition) is 1. The van der Waals surface area contributed by atoms with E-state index in [2.05, 4.69) is 27.4 Å². The standard InChI is InChI=1S/C20H26N6OS/c1-12-11-13(2)25(23-12)18-9-10-19(27)26(24-18)17-7-5-16(6-8-17)22-20-21-14(3)15(4)28-20/h9-11,16-17H,5-8H2,1-4H3,(H,21,22). The summed E-state index contributed by atoms with van der Waals surface area (Å²) in [4.78, 5) is 18.3. The minimum absolute atomic E-state index is 0.0483. The van der Waals surface area contributed by atoms with Gasteiger partial charge >= 0.3 is 0 Å². The van der Waals surface area contributed by atoms with E-state index in [4.69, 9.17) is 0 Å². The zero-order chi connectivity index (χ0) is 19.8. The molecule has 4 rings (SSSR count). The monoisotopic (exact) mass is 398 g/mol. The summed E-state index contributed by atoms with van der Waals surface area (Å²) in [5, 5.41) is 13.7. The molecule has 0 unspecified atom stereocenters. The Balaban J connectivity index is 1.47. The first-order chi connectivity index (χ1) is 13.4. The van der Waals surface area contributed by atoms with Crippen molar-refractivity contribution < 1.29 is 0 Å². The molecule has 3 aromatic rings. The topological polar surface area (TPSA) is 77.6 Å². The summed E-state index contributed by atoms with van der Waals surface area (Å²) in [5.74, 6) is 0.694. The van der Waals surface area contributed by atoms with Gasteiger partial charge in [0.25, 0.3) is 5.56 Å². The SMILES string of the molecule is Cc1cc(C)n(-c2ccc(=O)n(C3CCC(Nc4nc(C)c(C)s4)CC3)n2)n1. The second-order valence-corrected chi connectivity index (χ2v) is 8.83. The maximum Gasteiger partial charge on any atom is 0.267 e. The summed E-state index contributed by atoms with van der Waals surface area (Å²) in [6, 6.07) is 5.89. The fourth-order valence-electron chi connectivity index (χ4n) is 3.82. The number of thiazole rings is 1. The first-order valence-electron chi connectivity index (χ1n) is 9.75. The maximum atomic E-state index is 12.5. The highest BCUT2D eigenvalue weighted by Gasteiger charge is 2.25. The van der Waals surface area contributed by atoms with E-state index in [1.54, 1.807) is 32.8 Å². The van der Waals surface area contributed by atoms with Crippen LogP contribution in [0.3, 0.4) is 0 Å². The van der Waals surface area contributed by atoms with Crippen LogP contribution in [0.5, 0.6) is 0 Å². The van der Waals surface area contributed by atoms with Crippen molar-refractivity contribution in [2.24, 2.45) is 0 Å². The molecule has 0 radical (unpaired) electrons. The van der Waals surface area contributed by atoms with E-state index in [0.29, 0.717) is 11.9 Å². The van der Waals surface area contributed by atoms with Gasteiger partial charge in [0.05, 0.1) is 17.4 Å². The highest BCUT2D eigenvalue weighted by molar-refractivity contribution is 7.15. The van der Waals surface area contributed by atoms with E-state index < -0.39 is 0 Å². The van der Waals surface area contributed by atoms with Gasteiger partial charge in [-0.05, 0) is 65.5 Å². The van der Waals surface area contributed by atoms with Crippen LogP contribution in [0.15, 0.2) is 23.0 Å². The number of hydrogen-bond acceptors (Lipinski definition) is 6. The van der Waals surface area contributed by atoms with Crippen molar-refractivity contribution in [2.75, 3.05) is 5.32 Å². The van der Waals surface area contributed by atoms with Gasteiger partial charge in [0.15, 0.2) is 10.9 Å². The summed E-state index contributed by atoms with van der Waals surface area (Å²) < 4.78 is 3.45. The molecule has 1 aliphatic rings. The largest absolute Gasteiger partial charge is 0.359 e. The summed E-state index contributed by atoms with van der Waals surface area (Å²) >= 11 is 1.71. The van der Waals surface area contributed by atoms with Crippen molar-refractivity contribution in [3.63, 3.8) is 0 Å². The molecule has 148 valence electrons. The second kappa shape index (κ2) is 7.50. The van der Waals surface area contributed by atoms with Gasteiger partial charge in [0.2, 0.25) is 0 Å². The van der Waals surface area contributed by atoms with E-state index in [-0.39, 0.29) is 11.6 Å². The van der Waals surface area contributed by atoms with E-state index in [9.17, 15) is 4.79 Å². The van der Waals surface area contributed by atoms with Crippen LogP contribution in [0.2, 0.25) is 0 Å². The molecule has 1 saturated carbocycles. The molecule has 1 fully saturated rings. The Morgan fingerprint density at radius 2 is 1.82 bits per heavy atom. The van der Waals surface area contributed by atoms with Crippen molar-refractivity contribution in [3.8, 4) is 5.82 Å². The van der Waals surface area contributed by atoms with Crippen molar-refractivity contribution in [1.82, 2.24) is 24.5 Å². The molecule has 8 heteroatoms. The van der Waals surface area contributed by atoms with Gasteiger partial charge in [0, 0.05) is 22.7 Å². The van der Waals surface area contributed by atoms with Crippen LogP contribution in [0.25, 0.3) is 5.82 Å². The van der Waals surface area contributed by atoms with Crippen LogP contribution in [0.1, 0.15) is 53.7 Å². The average Bonchev–Trinajstić information content (AvgIpc) is 3.16. The second-order valence-electron chi connectivity index (χ2n) is 7.62. The summed E-state index contributed by atoms with van der Waals surface area (Å²) in [7, 11) is 0. The summed E-state index contributed by atoms with van der Waals surface area (Å²) in [6.45, 7) is 8.10. The van der Waals surface area contributed by atoms with Crippen molar-refractivity contribution in [1.29, 1.82) is 0 Å². The summed E-state index contributed by atoms with van der Waals surface area (Å²) in [6.07, 6.45) is 3.85. The minimum Gasteiger partial charge on any atom is -0.359 e. The smallest absolute Gasteiger partial charge is 0.267 e. The molecule has 7 nitrogen and oxygen atoms in total.